The van der Waals surface area contributed by atoms with Gasteiger partial charge in [-0.25, -0.2) is 4.79 Å². The van der Waals surface area contributed by atoms with E-state index in [1.54, 1.807) is 26.2 Å². The van der Waals surface area contributed by atoms with Crippen molar-refractivity contribution in [2.45, 2.75) is 25.9 Å². The standard InChI is InChI=1S/C12H15N3O3/c1-9(5-6-13)14(2)11(16)8-15-7-3-4-10(15)12(17)18/h3-4,7,9H,5,8H2,1-2H3,(H,17,18). The Balaban J connectivity index is 2.73. The summed E-state index contributed by atoms with van der Waals surface area (Å²) in [4.78, 5) is 24.2. The fourth-order valence-electron chi connectivity index (χ4n) is 1.52. The maximum absolute atomic E-state index is 11.9. The van der Waals surface area contributed by atoms with Gasteiger partial charge in [0.1, 0.15) is 12.2 Å². The summed E-state index contributed by atoms with van der Waals surface area (Å²) in [5.41, 5.74) is 0.0738. The molecule has 1 amide bonds. The van der Waals surface area contributed by atoms with Crippen molar-refractivity contribution in [2.75, 3.05) is 7.05 Å². The van der Waals surface area contributed by atoms with Crippen LogP contribution in [-0.4, -0.2) is 39.5 Å². The Labute approximate surface area is 105 Å². The topological polar surface area (TPSA) is 86.3 Å². The number of nitriles is 1. The minimum absolute atomic E-state index is 0.0408. The number of carbonyl (C=O) groups is 2. The summed E-state index contributed by atoms with van der Waals surface area (Å²) in [6.45, 7) is 1.73. The van der Waals surface area contributed by atoms with E-state index in [-0.39, 0.29) is 30.6 Å². The van der Waals surface area contributed by atoms with E-state index in [0.29, 0.717) is 0 Å². The van der Waals surface area contributed by atoms with Gasteiger partial charge in [0.05, 0.1) is 12.5 Å². The number of hydrogen-bond acceptors (Lipinski definition) is 3. The highest BCUT2D eigenvalue weighted by molar-refractivity contribution is 5.86. The summed E-state index contributed by atoms with van der Waals surface area (Å²) >= 11 is 0. The molecule has 1 atom stereocenters. The smallest absolute Gasteiger partial charge is 0.352 e. The van der Waals surface area contributed by atoms with Gasteiger partial charge in [0.25, 0.3) is 0 Å². The van der Waals surface area contributed by atoms with Crippen LogP contribution in [0, 0.1) is 11.3 Å². The van der Waals surface area contributed by atoms with E-state index >= 15 is 0 Å². The first-order chi connectivity index (χ1) is 8.47. The molecular formula is C12H15N3O3. The quantitative estimate of drug-likeness (QED) is 0.841. The number of carboxylic acid groups (broad SMARTS) is 1. The molecule has 96 valence electrons. The normalized spacial score (nSPS) is 11.6. The lowest BCUT2D eigenvalue weighted by Crippen LogP contribution is -2.37. The van der Waals surface area contributed by atoms with Crippen molar-refractivity contribution < 1.29 is 14.7 Å². The zero-order chi connectivity index (χ0) is 13.7. The maximum Gasteiger partial charge on any atom is 0.352 e. The van der Waals surface area contributed by atoms with Crippen molar-refractivity contribution in [1.29, 1.82) is 5.26 Å². The Morgan fingerprint density at radius 3 is 2.83 bits per heavy atom. The van der Waals surface area contributed by atoms with Crippen molar-refractivity contribution in [2.24, 2.45) is 0 Å². The van der Waals surface area contributed by atoms with Crippen LogP contribution in [0.2, 0.25) is 0 Å². The molecule has 0 saturated heterocycles. The Kier molecular flexibility index (Phi) is 4.49. The minimum Gasteiger partial charge on any atom is -0.477 e. The van der Waals surface area contributed by atoms with E-state index in [1.165, 1.54) is 15.5 Å². The van der Waals surface area contributed by atoms with Crippen molar-refractivity contribution >= 4 is 11.9 Å². The highest BCUT2D eigenvalue weighted by Crippen LogP contribution is 2.06. The molecule has 0 aromatic carbocycles. The molecule has 0 bridgehead atoms. The molecule has 1 aromatic rings. The van der Waals surface area contributed by atoms with Gasteiger partial charge >= 0.3 is 5.97 Å². The highest BCUT2D eigenvalue weighted by Gasteiger charge is 2.18. The lowest BCUT2D eigenvalue weighted by Gasteiger charge is -2.23. The molecule has 0 aliphatic rings. The van der Waals surface area contributed by atoms with Gasteiger partial charge in [-0.2, -0.15) is 5.26 Å². The highest BCUT2D eigenvalue weighted by atomic mass is 16.4. The number of nitrogens with zero attached hydrogens (tertiary/aromatic N) is 3. The predicted molar refractivity (Wildman–Crippen MR) is 63.9 cm³/mol. The van der Waals surface area contributed by atoms with E-state index in [1.807, 2.05) is 6.07 Å². The lowest BCUT2D eigenvalue weighted by molar-refractivity contribution is -0.132. The van der Waals surface area contributed by atoms with Crippen molar-refractivity contribution in [3.8, 4) is 6.07 Å². The van der Waals surface area contributed by atoms with Crippen LogP contribution in [0.15, 0.2) is 18.3 Å². The molecule has 0 spiro atoms. The molecule has 1 heterocycles. The third-order valence-electron chi connectivity index (χ3n) is 2.80. The molecule has 0 fully saturated rings. The van der Waals surface area contributed by atoms with Gasteiger partial charge in [0.15, 0.2) is 0 Å². The monoisotopic (exact) mass is 249 g/mol. The zero-order valence-corrected chi connectivity index (χ0v) is 10.3. The molecule has 6 heteroatoms. The Morgan fingerprint density at radius 1 is 1.61 bits per heavy atom. The van der Waals surface area contributed by atoms with Gasteiger partial charge in [-0.15, -0.1) is 0 Å². The third-order valence-corrected chi connectivity index (χ3v) is 2.80. The second-order valence-electron chi connectivity index (χ2n) is 4.04. The first kappa shape index (κ1) is 13.8. The average Bonchev–Trinajstić information content (AvgIpc) is 2.76. The van der Waals surface area contributed by atoms with Gasteiger partial charge in [-0.3, -0.25) is 4.79 Å². The summed E-state index contributed by atoms with van der Waals surface area (Å²) in [7, 11) is 1.61. The van der Waals surface area contributed by atoms with E-state index in [0.717, 1.165) is 0 Å². The van der Waals surface area contributed by atoms with Crippen LogP contribution < -0.4 is 0 Å². The maximum atomic E-state index is 11.9. The Bertz CT molecular complexity index is 487. The van der Waals surface area contributed by atoms with Gasteiger partial charge in [0, 0.05) is 19.3 Å². The van der Waals surface area contributed by atoms with Gasteiger partial charge < -0.3 is 14.6 Å². The number of hydrogen-bond donors (Lipinski definition) is 1. The molecule has 1 rings (SSSR count). The second-order valence-corrected chi connectivity index (χ2v) is 4.04. The van der Waals surface area contributed by atoms with Crippen molar-refractivity contribution in [3.05, 3.63) is 24.0 Å². The molecule has 18 heavy (non-hydrogen) atoms. The largest absolute Gasteiger partial charge is 0.477 e. The van der Waals surface area contributed by atoms with Crippen LogP contribution >= 0.6 is 0 Å². The van der Waals surface area contributed by atoms with Gasteiger partial charge in [-0.1, -0.05) is 0 Å². The molecule has 6 nitrogen and oxygen atoms in total. The summed E-state index contributed by atoms with van der Waals surface area (Å²) < 4.78 is 1.38. The predicted octanol–water partition coefficient (Wildman–Crippen LogP) is 0.947. The number of likely N-dealkylation sites (N-methyl/N-ethyl adjacent to an activating group) is 1. The molecule has 0 aliphatic carbocycles. The Morgan fingerprint density at radius 2 is 2.28 bits per heavy atom. The molecule has 1 unspecified atom stereocenters. The van der Waals surface area contributed by atoms with Gasteiger partial charge in [-0.05, 0) is 19.1 Å². The number of rotatable bonds is 5. The third kappa shape index (κ3) is 3.10. The molecule has 0 aliphatic heterocycles. The molecule has 0 radical (unpaired) electrons. The van der Waals surface area contributed by atoms with Crippen LogP contribution in [0.5, 0.6) is 0 Å². The average molecular weight is 249 g/mol. The van der Waals surface area contributed by atoms with Crippen LogP contribution in [0.25, 0.3) is 0 Å². The van der Waals surface area contributed by atoms with E-state index in [9.17, 15) is 9.59 Å². The Hall–Kier alpha value is -2.29. The van der Waals surface area contributed by atoms with E-state index in [4.69, 9.17) is 10.4 Å². The summed E-state index contributed by atoms with van der Waals surface area (Å²) in [6.07, 6.45) is 1.80. The van der Waals surface area contributed by atoms with Crippen LogP contribution in [0.3, 0.4) is 0 Å². The fourth-order valence-corrected chi connectivity index (χ4v) is 1.52. The first-order valence-electron chi connectivity index (χ1n) is 5.48. The van der Waals surface area contributed by atoms with Crippen LogP contribution in [0.1, 0.15) is 23.8 Å². The SMILES string of the molecule is CC(CC#N)N(C)C(=O)Cn1cccc1C(=O)O. The number of aromatic nitrogens is 1. The molecule has 1 N–H and O–H groups in total. The van der Waals surface area contributed by atoms with Gasteiger partial charge in [0.2, 0.25) is 5.91 Å². The number of amides is 1. The first-order valence-corrected chi connectivity index (χ1v) is 5.48. The summed E-state index contributed by atoms with van der Waals surface area (Å²) in [6, 6.07) is 4.83. The number of carbonyl (C=O) groups excluding carboxylic acids is 1. The van der Waals surface area contributed by atoms with E-state index in [2.05, 4.69) is 0 Å². The number of aromatic carboxylic acids is 1. The van der Waals surface area contributed by atoms with Crippen LogP contribution in [0.4, 0.5) is 0 Å². The van der Waals surface area contributed by atoms with Crippen molar-refractivity contribution in [1.82, 2.24) is 9.47 Å². The molecule has 1 aromatic heterocycles. The number of carboxylic acids is 1. The minimum atomic E-state index is -1.07. The second kappa shape index (κ2) is 5.87. The molecule has 0 saturated carbocycles. The zero-order valence-electron chi connectivity index (χ0n) is 10.3. The molecular weight excluding hydrogens is 234 g/mol. The van der Waals surface area contributed by atoms with Crippen molar-refractivity contribution in [3.63, 3.8) is 0 Å². The lowest BCUT2D eigenvalue weighted by atomic mass is 10.2. The summed E-state index contributed by atoms with van der Waals surface area (Å²) in [5.74, 6) is -1.29. The summed E-state index contributed by atoms with van der Waals surface area (Å²) in [5, 5.41) is 17.5. The van der Waals surface area contributed by atoms with E-state index < -0.39 is 5.97 Å². The van der Waals surface area contributed by atoms with Crippen LogP contribution in [-0.2, 0) is 11.3 Å². The fraction of sp³-hybridized carbons (Fsp3) is 0.417.